The number of aromatic amines is 1. The Labute approximate surface area is 91.7 Å². The van der Waals surface area contributed by atoms with Crippen LogP contribution < -0.4 is 0 Å². The minimum atomic E-state index is -0.406. The minimum Gasteiger partial charge on any atom is -0.462 e. The summed E-state index contributed by atoms with van der Waals surface area (Å²) in [6, 6.07) is 5.27. The van der Waals surface area contributed by atoms with Gasteiger partial charge in [-0.15, -0.1) is 0 Å². The first kappa shape index (κ1) is 10.2. The molecule has 0 radical (unpaired) electrons. The summed E-state index contributed by atoms with van der Waals surface area (Å²) < 4.78 is 4.86. The molecule has 16 heavy (non-hydrogen) atoms. The van der Waals surface area contributed by atoms with Crippen molar-refractivity contribution in [2.45, 2.75) is 6.92 Å². The van der Waals surface area contributed by atoms with Crippen LogP contribution in [-0.4, -0.2) is 22.5 Å². The molecule has 2 heterocycles. The van der Waals surface area contributed by atoms with E-state index in [1.807, 2.05) is 6.07 Å². The maximum absolute atomic E-state index is 11.4. The molecule has 2 aromatic rings. The van der Waals surface area contributed by atoms with E-state index in [0.717, 1.165) is 5.39 Å². The molecule has 0 aliphatic carbocycles. The van der Waals surface area contributed by atoms with Gasteiger partial charge >= 0.3 is 5.97 Å². The van der Waals surface area contributed by atoms with Crippen LogP contribution in [0.1, 0.15) is 23.0 Å². The van der Waals surface area contributed by atoms with Gasteiger partial charge in [-0.2, -0.15) is 5.26 Å². The van der Waals surface area contributed by atoms with Crippen LogP contribution >= 0.6 is 0 Å². The second-order valence-corrected chi connectivity index (χ2v) is 3.18. The predicted molar refractivity (Wildman–Crippen MR) is 56.8 cm³/mol. The number of fused-ring (bicyclic) bond motifs is 1. The zero-order valence-corrected chi connectivity index (χ0v) is 8.65. The third kappa shape index (κ3) is 1.73. The largest absolute Gasteiger partial charge is 0.462 e. The number of carbonyl (C=O) groups is 1. The summed E-state index contributed by atoms with van der Waals surface area (Å²) in [5.41, 5.74) is 1.39. The molecule has 5 nitrogen and oxygen atoms in total. The molecule has 0 saturated heterocycles. The lowest BCUT2D eigenvalue weighted by Crippen LogP contribution is -2.04. The van der Waals surface area contributed by atoms with Gasteiger partial charge in [0.2, 0.25) is 0 Å². The highest BCUT2D eigenvalue weighted by atomic mass is 16.5. The van der Waals surface area contributed by atoms with Crippen LogP contribution in [-0.2, 0) is 4.74 Å². The standard InChI is InChI=1S/C11H9N3O2/c1-2-16-11(15)8-3-7-4-9(5-12)14-10(7)13-6-8/h3-4,6H,2H2,1H3,(H,13,14). The minimum absolute atomic E-state index is 0.327. The first-order chi connectivity index (χ1) is 7.74. The molecule has 2 rings (SSSR count). The third-order valence-corrected chi connectivity index (χ3v) is 2.10. The molecule has 0 saturated carbocycles. The fourth-order valence-corrected chi connectivity index (χ4v) is 1.40. The highest BCUT2D eigenvalue weighted by molar-refractivity contribution is 5.93. The van der Waals surface area contributed by atoms with E-state index in [9.17, 15) is 4.79 Å². The first-order valence-corrected chi connectivity index (χ1v) is 4.80. The number of hydrogen-bond donors (Lipinski definition) is 1. The average Bonchev–Trinajstić information content (AvgIpc) is 2.70. The average molecular weight is 215 g/mol. The van der Waals surface area contributed by atoms with E-state index in [1.165, 1.54) is 6.20 Å². The van der Waals surface area contributed by atoms with Crippen LogP contribution in [0, 0.1) is 11.3 Å². The van der Waals surface area contributed by atoms with Crippen molar-refractivity contribution >= 4 is 17.0 Å². The summed E-state index contributed by atoms with van der Waals surface area (Å²) in [7, 11) is 0. The number of pyridine rings is 1. The lowest BCUT2D eigenvalue weighted by Gasteiger charge is -2.00. The SMILES string of the molecule is CCOC(=O)c1cnc2[nH]c(C#N)cc2c1. The highest BCUT2D eigenvalue weighted by Gasteiger charge is 2.09. The summed E-state index contributed by atoms with van der Waals surface area (Å²) in [6.45, 7) is 2.07. The molecular formula is C11H9N3O2. The number of nitriles is 1. The zero-order chi connectivity index (χ0) is 11.5. The van der Waals surface area contributed by atoms with E-state index >= 15 is 0 Å². The van der Waals surface area contributed by atoms with Gasteiger partial charge in [0, 0.05) is 11.6 Å². The maximum atomic E-state index is 11.4. The van der Waals surface area contributed by atoms with Gasteiger partial charge in [0.1, 0.15) is 17.4 Å². The van der Waals surface area contributed by atoms with Gasteiger partial charge in [-0.05, 0) is 19.1 Å². The van der Waals surface area contributed by atoms with E-state index < -0.39 is 5.97 Å². The molecule has 2 aromatic heterocycles. The predicted octanol–water partition coefficient (Wildman–Crippen LogP) is 1.61. The highest BCUT2D eigenvalue weighted by Crippen LogP contribution is 2.14. The molecule has 0 unspecified atom stereocenters. The summed E-state index contributed by atoms with van der Waals surface area (Å²) in [5, 5.41) is 9.42. The number of carbonyl (C=O) groups excluding carboxylic acids is 1. The van der Waals surface area contributed by atoms with Gasteiger partial charge in [0.25, 0.3) is 0 Å². The Balaban J connectivity index is 2.44. The van der Waals surface area contributed by atoms with Crippen LogP contribution in [0.3, 0.4) is 0 Å². The summed E-state index contributed by atoms with van der Waals surface area (Å²) in [6.07, 6.45) is 1.43. The quantitative estimate of drug-likeness (QED) is 0.772. The van der Waals surface area contributed by atoms with E-state index in [-0.39, 0.29) is 0 Å². The first-order valence-electron chi connectivity index (χ1n) is 4.80. The summed E-state index contributed by atoms with van der Waals surface area (Å²) in [5.74, 6) is -0.406. The smallest absolute Gasteiger partial charge is 0.339 e. The molecule has 0 fully saturated rings. The van der Waals surface area contributed by atoms with Gasteiger partial charge in [0.05, 0.1) is 12.2 Å². The molecule has 0 atom stereocenters. The van der Waals surface area contributed by atoms with Crippen LogP contribution in [0.25, 0.3) is 11.0 Å². The summed E-state index contributed by atoms with van der Waals surface area (Å²) in [4.78, 5) is 18.3. The number of hydrogen-bond acceptors (Lipinski definition) is 4. The Hall–Kier alpha value is -2.35. The fraction of sp³-hybridized carbons (Fsp3) is 0.182. The van der Waals surface area contributed by atoms with E-state index in [1.54, 1.807) is 19.1 Å². The van der Waals surface area contributed by atoms with Crippen molar-refractivity contribution in [1.29, 1.82) is 5.26 Å². The van der Waals surface area contributed by atoms with E-state index in [0.29, 0.717) is 23.5 Å². The molecule has 0 amide bonds. The molecule has 1 N–H and O–H groups in total. The fourth-order valence-electron chi connectivity index (χ4n) is 1.40. The number of esters is 1. The molecule has 0 aliphatic heterocycles. The molecule has 0 spiro atoms. The van der Waals surface area contributed by atoms with Gasteiger partial charge in [0.15, 0.2) is 0 Å². The van der Waals surface area contributed by atoms with Crippen molar-refractivity contribution in [1.82, 2.24) is 9.97 Å². The van der Waals surface area contributed by atoms with Crippen molar-refractivity contribution < 1.29 is 9.53 Å². The monoisotopic (exact) mass is 215 g/mol. The van der Waals surface area contributed by atoms with Crippen molar-refractivity contribution in [2.75, 3.05) is 6.61 Å². The normalized spacial score (nSPS) is 10.0. The van der Waals surface area contributed by atoms with Crippen LogP contribution in [0.2, 0.25) is 0 Å². The third-order valence-electron chi connectivity index (χ3n) is 2.10. The van der Waals surface area contributed by atoms with Crippen molar-refractivity contribution in [3.05, 3.63) is 29.6 Å². The topological polar surface area (TPSA) is 78.8 Å². The Bertz CT molecular complexity index is 580. The van der Waals surface area contributed by atoms with Crippen LogP contribution in [0.15, 0.2) is 18.3 Å². The molecule has 80 valence electrons. The van der Waals surface area contributed by atoms with E-state index in [2.05, 4.69) is 9.97 Å². The molecule has 5 heteroatoms. The van der Waals surface area contributed by atoms with E-state index in [4.69, 9.17) is 10.00 Å². The van der Waals surface area contributed by atoms with Crippen LogP contribution in [0.4, 0.5) is 0 Å². The maximum Gasteiger partial charge on any atom is 0.339 e. The lowest BCUT2D eigenvalue weighted by atomic mass is 10.2. The van der Waals surface area contributed by atoms with Gasteiger partial charge in [-0.1, -0.05) is 0 Å². The van der Waals surface area contributed by atoms with Gasteiger partial charge in [-0.25, -0.2) is 9.78 Å². The Morgan fingerprint density at radius 2 is 2.44 bits per heavy atom. The van der Waals surface area contributed by atoms with Crippen molar-refractivity contribution in [2.24, 2.45) is 0 Å². The molecule has 0 aromatic carbocycles. The molecular weight excluding hydrogens is 206 g/mol. The number of H-pyrrole nitrogens is 1. The lowest BCUT2D eigenvalue weighted by molar-refractivity contribution is 0.0526. The number of rotatable bonds is 2. The van der Waals surface area contributed by atoms with Gasteiger partial charge < -0.3 is 9.72 Å². The van der Waals surface area contributed by atoms with Gasteiger partial charge in [-0.3, -0.25) is 0 Å². The number of ether oxygens (including phenoxy) is 1. The van der Waals surface area contributed by atoms with Crippen LogP contribution in [0.5, 0.6) is 0 Å². The number of nitrogens with one attached hydrogen (secondary N) is 1. The van der Waals surface area contributed by atoms with Crippen molar-refractivity contribution in [3.8, 4) is 6.07 Å². The Morgan fingerprint density at radius 1 is 1.62 bits per heavy atom. The number of nitrogens with zero attached hydrogens (tertiary/aromatic N) is 2. The Morgan fingerprint density at radius 3 is 3.12 bits per heavy atom. The zero-order valence-electron chi connectivity index (χ0n) is 8.65. The molecule has 0 aliphatic rings. The second-order valence-electron chi connectivity index (χ2n) is 3.18. The van der Waals surface area contributed by atoms with Crippen molar-refractivity contribution in [3.63, 3.8) is 0 Å². The second kappa shape index (κ2) is 4.03. The number of aromatic nitrogens is 2. The summed E-state index contributed by atoms with van der Waals surface area (Å²) >= 11 is 0. The Kier molecular flexibility index (Phi) is 2.56. The molecule has 0 bridgehead atoms.